The van der Waals surface area contributed by atoms with E-state index in [1.165, 1.54) is 17.8 Å². The van der Waals surface area contributed by atoms with Gasteiger partial charge in [0.15, 0.2) is 5.11 Å². The number of nitrogens with zero attached hydrogens (tertiary/aromatic N) is 4. The van der Waals surface area contributed by atoms with Crippen LogP contribution in [0.4, 0.5) is 15.8 Å². The summed E-state index contributed by atoms with van der Waals surface area (Å²) in [4.78, 5) is 9.10. The number of hydrogen-bond acceptors (Lipinski definition) is 4. The third-order valence-electron chi connectivity index (χ3n) is 7.48. The van der Waals surface area contributed by atoms with Gasteiger partial charge in [-0.15, -0.1) is 0 Å². The van der Waals surface area contributed by atoms with Gasteiger partial charge in [0.1, 0.15) is 5.82 Å². The number of benzene rings is 2. The van der Waals surface area contributed by atoms with Crippen molar-refractivity contribution < 1.29 is 9.13 Å². The standard InChI is InChI=1S/C30H30FN5OS/c1-20-19-26(21(2)35(20)24-12-10-23(11-13-24)34-15-17-37-18-16-34)29-28(27-5-3-4-14-32-27)33-30(38)36(29)25-8-6-22(31)7-9-25/h3-14,19,28-29H,15-18H2,1-2H3,(H,33,38). The van der Waals surface area contributed by atoms with Crippen LogP contribution in [0.2, 0.25) is 0 Å². The van der Waals surface area contributed by atoms with Crippen LogP contribution in [0.5, 0.6) is 0 Å². The Morgan fingerprint density at radius 2 is 1.61 bits per heavy atom. The Hall–Kier alpha value is -3.75. The van der Waals surface area contributed by atoms with Crippen molar-refractivity contribution in [1.82, 2.24) is 14.9 Å². The lowest BCUT2D eigenvalue weighted by atomic mass is 9.96. The average molecular weight is 528 g/mol. The highest BCUT2D eigenvalue weighted by Gasteiger charge is 2.42. The van der Waals surface area contributed by atoms with Crippen LogP contribution in [0.3, 0.4) is 0 Å². The number of anilines is 2. The first-order valence-electron chi connectivity index (χ1n) is 12.9. The van der Waals surface area contributed by atoms with Crippen molar-refractivity contribution in [2.45, 2.75) is 25.9 Å². The molecule has 0 bridgehead atoms. The zero-order chi connectivity index (χ0) is 26.2. The maximum atomic E-state index is 13.8. The van der Waals surface area contributed by atoms with E-state index in [0.717, 1.165) is 60.3 Å². The number of hydrogen-bond donors (Lipinski definition) is 1. The number of rotatable bonds is 5. The van der Waals surface area contributed by atoms with Crippen LogP contribution >= 0.6 is 12.2 Å². The molecule has 6 rings (SSSR count). The Morgan fingerprint density at radius 1 is 0.921 bits per heavy atom. The molecule has 8 heteroatoms. The second-order valence-corrected chi connectivity index (χ2v) is 10.1. The average Bonchev–Trinajstić information content (AvgIpc) is 3.45. The minimum Gasteiger partial charge on any atom is -0.378 e. The smallest absolute Gasteiger partial charge is 0.174 e. The van der Waals surface area contributed by atoms with Crippen LogP contribution in [0.1, 0.15) is 34.7 Å². The summed E-state index contributed by atoms with van der Waals surface area (Å²) in [6.07, 6.45) is 1.80. The topological polar surface area (TPSA) is 45.6 Å². The minimum atomic E-state index is -0.275. The molecule has 2 saturated heterocycles. The van der Waals surface area contributed by atoms with E-state index in [0.29, 0.717) is 5.11 Å². The first-order valence-corrected chi connectivity index (χ1v) is 13.3. The molecule has 38 heavy (non-hydrogen) atoms. The fourth-order valence-electron chi connectivity index (χ4n) is 5.67. The number of morpholine rings is 1. The summed E-state index contributed by atoms with van der Waals surface area (Å²) in [6.45, 7) is 7.63. The van der Waals surface area contributed by atoms with Crippen LogP contribution in [0.25, 0.3) is 5.69 Å². The molecular formula is C30H30FN5OS. The number of ether oxygens (including phenoxy) is 1. The van der Waals surface area contributed by atoms with E-state index >= 15 is 0 Å². The van der Waals surface area contributed by atoms with Gasteiger partial charge in [0.25, 0.3) is 0 Å². The van der Waals surface area contributed by atoms with Crippen molar-refractivity contribution in [2.24, 2.45) is 0 Å². The molecule has 0 radical (unpaired) electrons. The van der Waals surface area contributed by atoms with Crippen molar-refractivity contribution in [3.05, 3.63) is 107 Å². The van der Waals surface area contributed by atoms with E-state index in [1.807, 2.05) is 18.2 Å². The summed E-state index contributed by atoms with van der Waals surface area (Å²) in [7, 11) is 0. The van der Waals surface area contributed by atoms with E-state index in [1.54, 1.807) is 18.3 Å². The van der Waals surface area contributed by atoms with Gasteiger partial charge in [-0.05, 0) is 98.4 Å². The van der Waals surface area contributed by atoms with Crippen LogP contribution in [0, 0.1) is 19.7 Å². The van der Waals surface area contributed by atoms with E-state index in [9.17, 15) is 4.39 Å². The first-order chi connectivity index (χ1) is 18.5. The molecule has 194 valence electrons. The summed E-state index contributed by atoms with van der Waals surface area (Å²) in [6, 6.07) is 23.1. The number of nitrogens with one attached hydrogen (secondary N) is 1. The van der Waals surface area contributed by atoms with Crippen LogP contribution < -0.4 is 15.1 Å². The van der Waals surface area contributed by atoms with Crippen LogP contribution in [-0.2, 0) is 4.74 Å². The predicted octanol–water partition coefficient (Wildman–Crippen LogP) is 5.64. The molecule has 2 unspecified atom stereocenters. The molecule has 2 aliphatic heterocycles. The molecule has 4 heterocycles. The number of pyridine rings is 1. The van der Waals surface area contributed by atoms with E-state index in [4.69, 9.17) is 17.0 Å². The number of halogens is 1. The van der Waals surface area contributed by atoms with Gasteiger partial charge in [-0.1, -0.05) is 6.07 Å². The molecule has 2 aliphatic rings. The minimum absolute atomic E-state index is 0.157. The molecule has 2 aromatic carbocycles. The summed E-state index contributed by atoms with van der Waals surface area (Å²) in [5.74, 6) is -0.275. The summed E-state index contributed by atoms with van der Waals surface area (Å²) >= 11 is 5.84. The second-order valence-electron chi connectivity index (χ2n) is 9.75. The van der Waals surface area contributed by atoms with Crippen molar-refractivity contribution in [2.75, 3.05) is 36.1 Å². The van der Waals surface area contributed by atoms with Gasteiger partial charge < -0.3 is 24.4 Å². The first kappa shape index (κ1) is 24.6. The number of aryl methyl sites for hydroxylation is 1. The van der Waals surface area contributed by atoms with Gasteiger partial charge in [-0.3, -0.25) is 4.98 Å². The SMILES string of the molecule is Cc1cc(C2C(c3ccccn3)NC(=S)N2c2ccc(F)cc2)c(C)n1-c1ccc(N2CCOCC2)cc1. The van der Waals surface area contributed by atoms with Gasteiger partial charge >= 0.3 is 0 Å². The fourth-order valence-corrected chi connectivity index (χ4v) is 6.02. The molecule has 0 aliphatic carbocycles. The Balaban J connectivity index is 1.41. The van der Waals surface area contributed by atoms with E-state index in [2.05, 4.69) is 68.8 Å². The lowest BCUT2D eigenvalue weighted by molar-refractivity contribution is 0.122. The van der Waals surface area contributed by atoms with E-state index in [-0.39, 0.29) is 17.9 Å². The largest absolute Gasteiger partial charge is 0.378 e. The maximum absolute atomic E-state index is 13.8. The van der Waals surface area contributed by atoms with Crippen molar-refractivity contribution in [3.63, 3.8) is 0 Å². The lowest BCUT2D eigenvalue weighted by Gasteiger charge is -2.29. The number of aromatic nitrogens is 2. The van der Waals surface area contributed by atoms with Gasteiger partial charge in [-0.2, -0.15) is 0 Å². The Kier molecular flexibility index (Phi) is 6.59. The molecular weight excluding hydrogens is 497 g/mol. The quantitative estimate of drug-likeness (QED) is 0.339. The molecule has 0 saturated carbocycles. The van der Waals surface area contributed by atoms with Gasteiger partial charge in [0, 0.05) is 47.7 Å². The van der Waals surface area contributed by atoms with E-state index < -0.39 is 0 Å². The van der Waals surface area contributed by atoms with Crippen molar-refractivity contribution >= 4 is 28.7 Å². The van der Waals surface area contributed by atoms with Gasteiger partial charge in [0.2, 0.25) is 0 Å². The summed E-state index contributed by atoms with van der Waals surface area (Å²) in [5.41, 5.74) is 7.48. The molecule has 1 N–H and O–H groups in total. The lowest BCUT2D eigenvalue weighted by Crippen LogP contribution is -2.36. The molecule has 2 aromatic heterocycles. The fraction of sp³-hybridized carbons (Fsp3) is 0.267. The molecule has 6 nitrogen and oxygen atoms in total. The predicted molar refractivity (Wildman–Crippen MR) is 153 cm³/mol. The Morgan fingerprint density at radius 3 is 2.29 bits per heavy atom. The number of thiocarbonyl (C=S) groups is 1. The normalized spacial score (nSPS) is 19.6. The monoisotopic (exact) mass is 527 g/mol. The van der Waals surface area contributed by atoms with Crippen molar-refractivity contribution in [1.29, 1.82) is 0 Å². The highest BCUT2D eigenvalue weighted by atomic mass is 32.1. The molecule has 4 aromatic rings. The van der Waals surface area contributed by atoms with Crippen LogP contribution in [0.15, 0.2) is 79.0 Å². The van der Waals surface area contributed by atoms with Crippen LogP contribution in [-0.4, -0.2) is 41.0 Å². The summed E-state index contributed by atoms with van der Waals surface area (Å²) < 4.78 is 21.6. The highest BCUT2D eigenvalue weighted by Crippen LogP contribution is 2.43. The zero-order valence-electron chi connectivity index (χ0n) is 21.5. The maximum Gasteiger partial charge on any atom is 0.174 e. The van der Waals surface area contributed by atoms with Gasteiger partial charge in [-0.25, -0.2) is 4.39 Å². The molecule has 2 atom stereocenters. The Labute approximate surface area is 227 Å². The third kappa shape index (κ3) is 4.44. The van der Waals surface area contributed by atoms with Gasteiger partial charge in [0.05, 0.1) is 31.0 Å². The van der Waals surface area contributed by atoms with Crippen molar-refractivity contribution in [3.8, 4) is 5.69 Å². The molecule has 2 fully saturated rings. The second kappa shape index (κ2) is 10.2. The molecule has 0 spiro atoms. The third-order valence-corrected chi connectivity index (χ3v) is 7.79. The Bertz CT molecular complexity index is 1430. The molecule has 0 amide bonds. The summed E-state index contributed by atoms with van der Waals surface area (Å²) in [5, 5.41) is 4.09. The zero-order valence-corrected chi connectivity index (χ0v) is 22.3. The highest BCUT2D eigenvalue weighted by molar-refractivity contribution is 7.80.